The molecule has 2 aliphatic heterocycles. The fourth-order valence-corrected chi connectivity index (χ4v) is 4.64. The van der Waals surface area contributed by atoms with Crippen LogP contribution in [0.1, 0.15) is 13.8 Å². The predicted molar refractivity (Wildman–Crippen MR) is 62.3 cm³/mol. The van der Waals surface area contributed by atoms with E-state index in [0.717, 1.165) is 0 Å². The van der Waals surface area contributed by atoms with E-state index >= 15 is 0 Å². The van der Waals surface area contributed by atoms with Crippen molar-refractivity contribution in [1.29, 1.82) is 5.26 Å². The smallest absolute Gasteiger partial charge is 0.255 e. The van der Waals surface area contributed by atoms with Gasteiger partial charge in [-0.05, 0) is 13.8 Å². The van der Waals surface area contributed by atoms with E-state index in [9.17, 15) is 4.79 Å². The van der Waals surface area contributed by atoms with Crippen LogP contribution in [0, 0.1) is 11.3 Å². The molecule has 0 aromatic rings. The molecule has 2 atom stereocenters. The molecule has 2 saturated heterocycles. The number of amides is 1. The minimum absolute atomic E-state index is 0.0228. The SMILES string of the molecule is CC1(C)SC2N(C(=O)C2(Br)Br)C1C#N. The van der Waals surface area contributed by atoms with Crippen LogP contribution in [0.15, 0.2) is 0 Å². The molecule has 14 heavy (non-hydrogen) atoms. The van der Waals surface area contributed by atoms with Crippen molar-refractivity contribution in [2.24, 2.45) is 0 Å². The van der Waals surface area contributed by atoms with Crippen LogP contribution in [0.5, 0.6) is 0 Å². The summed E-state index contributed by atoms with van der Waals surface area (Å²) in [7, 11) is 0. The van der Waals surface area contributed by atoms with Crippen LogP contribution in [-0.2, 0) is 4.79 Å². The van der Waals surface area contributed by atoms with Gasteiger partial charge in [-0.15, -0.1) is 11.8 Å². The summed E-state index contributed by atoms with van der Waals surface area (Å²) in [5.41, 5.74) is 0. The van der Waals surface area contributed by atoms with Gasteiger partial charge in [0.2, 0.25) is 0 Å². The Morgan fingerprint density at radius 2 is 2.14 bits per heavy atom. The highest BCUT2D eigenvalue weighted by Gasteiger charge is 2.68. The van der Waals surface area contributed by atoms with Gasteiger partial charge in [0.05, 0.1) is 6.07 Å². The van der Waals surface area contributed by atoms with Crippen molar-refractivity contribution >= 4 is 49.5 Å². The molecule has 0 aromatic carbocycles. The molecule has 76 valence electrons. The van der Waals surface area contributed by atoms with Gasteiger partial charge in [0, 0.05) is 4.75 Å². The van der Waals surface area contributed by atoms with E-state index in [1.165, 1.54) is 0 Å². The molecule has 6 heteroatoms. The van der Waals surface area contributed by atoms with E-state index < -0.39 is 3.23 Å². The number of alkyl halides is 2. The molecular weight excluding hydrogens is 332 g/mol. The molecule has 3 nitrogen and oxygen atoms in total. The molecule has 0 spiro atoms. The summed E-state index contributed by atoms with van der Waals surface area (Å²) >= 11 is 8.33. The van der Waals surface area contributed by atoms with Crippen molar-refractivity contribution in [3.05, 3.63) is 0 Å². The maximum absolute atomic E-state index is 11.7. The number of hydrogen-bond donors (Lipinski definition) is 0. The number of halogens is 2. The minimum Gasteiger partial charge on any atom is -0.308 e. The van der Waals surface area contributed by atoms with E-state index in [-0.39, 0.29) is 22.1 Å². The zero-order valence-corrected chi connectivity index (χ0v) is 11.6. The van der Waals surface area contributed by atoms with Gasteiger partial charge < -0.3 is 4.90 Å². The fraction of sp³-hybridized carbons (Fsp3) is 0.750. The maximum atomic E-state index is 11.7. The summed E-state index contributed by atoms with van der Waals surface area (Å²) in [6.07, 6.45) is 0. The first kappa shape index (κ1) is 10.8. The van der Waals surface area contributed by atoms with Gasteiger partial charge in [0.1, 0.15) is 11.4 Å². The molecule has 1 amide bonds. The number of nitriles is 1. The van der Waals surface area contributed by atoms with Crippen molar-refractivity contribution in [3.63, 3.8) is 0 Å². The number of thioether (sulfide) groups is 1. The zero-order valence-electron chi connectivity index (χ0n) is 7.62. The van der Waals surface area contributed by atoms with Crippen molar-refractivity contribution in [2.75, 3.05) is 0 Å². The van der Waals surface area contributed by atoms with Crippen LogP contribution < -0.4 is 0 Å². The lowest BCUT2D eigenvalue weighted by molar-refractivity contribution is -0.142. The second-order valence-corrected chi connectivity index (χ2v) is 9.24. The van der Waals surface area contributed by atoms with Gasteiger partial charge in [-0.1, -0.05) is 31.9 Å². The minimum atomic E-state index is -0.659. The topological polar surface area (TPSA) is 44.1 Å². The Bertz CT molecular complexity index is 350. The number of nitrogens with zero attached hydrogens (tertiary/aromatic N) is 2. The van der Waals surface area contributed by atoms with Gasteiger partial charge >= 0.3 is 0 Å². The zero-order chi connectivity index (χ0) is 10.7. The lowest BCUT2D eigenvalue weighted by atomic mass is 10.00. The van der Waals surface area contributed by atoms with Gasteiger partial charge in [0.15, 0.2) is 3.23 Å². The highest BCUT2D eigenvalue weighted by atomic mass is 79.9. The predicted octanol–water partition coefficient (Wildman–Crippen LogP) is 2.06. The number of hydrogen-bond acceptors (Lipinski definition) is 3. The summed E-state index contributed by atoms with van der Waals surface area (Å²) in [6.45, 7) is 3.99. The van der Waals surface area contributed by atoms with Crippen LogP contribution >= 0.6 is 43.6 Å². The molecule has 2 unspecified atom stereocenters. The summed E-state index contributed by atoms with van der Waals surface area (Å²) < 4.78 is -0.855. The normalized spacial score (nSPS) is 37.4. The highest BCUT2D eigenvalue weighted by Crippen LogP contribution is 2.59. The van der Waals surface area contributed by atoms with Crippen LogP contribution in [0.4, 0.5) is 0 Å². The van der Waals surface area contributed by atoms with E-state index in [4.69, 9.17) is 5.26 Å². The number of β-lactam (4-membered cyclic amide) rings is 1. The molecule has 0 aliphatic carbocycles. The standard InChI is InChI=1S/C8H8Br2N2OS/c1-7(2)4(3-11)12-5(13)8(9,10)6(12)14-7/h4,6H,1-2H3. The van der Waals surface area contributed by atoms with Gasteiger partial charge in [-0.3, -0.25) is 4.79 Å². The average Bonchev–Trinajstić information content (AvgIpc) is 2.35. The third-order valence-corrected chi connectivity index (χ3v) is 6.34. The van der Waals surface area contributed by atoms with E-state index in [2.05, 4.69) is 37.9 Å². The molecule has 0 aromatic heterocycles. The van der Waals surface area contributed by atoms with Crippen molar-refractivity contribution in [2.45, 2.75) is 33.2 Å². The second kappa shape index (κ2) is 2.89. The first-order chi connectivity index (χ1) is 6.32. The van der Waals surface area contributed by atoms with Crippen LogP contribution in [-0.4, -0.2) is 30.2 Å². The number of carbonyl (C=O) groups excluding carboxylic acids is 1. The molecule has 0 saturated carbocycles. The van der Waals surface area contributed by atoms with Crippen molar-refractivity contribution < 1.29 is 4.79 Å². The van der Waals surface area contributed by atoms with Crippen LogP contribution in [0.2, 0.25) is 0 Å². The van der Waals surface area contributed by atoms with Gasteiger partial charge in [-0.2, -0.15) is 5.26 Å². The van der Waals surface area contributed by atoms with Gasteiger partial charge in [-0.25, -0.2) is 0 Å². The summed E-state index contributed by atoms with van der Waals surface area (Å²) in [6, 6.07) is 1.87. The summed E-state index contributed by atoms with van der Waals surface area (Å²) in [5, 5.41) is 9.05. The maximum Gasteiger partial charge on any atom is 0.255 e. The first-order valence-corrected chi connectivity index (χ1v) is 6.57. The Hall–Kier alpha value is 0.270. The quantitative estimate of drug-likeness (QED) is 0.501. The lowest BCUT2D eigenvalue weighted by Crippen LogP contribution is -2.66. The Labute approximate surface area is 103 Å². The third-order valence-electron chi connectivity index (χ3n) is 2.56. The third kappa shape index (κ3) is 1.12. The van der Waals surface area contributed by atoms with E-state index in [0.29, 0.717) is 0 Å². The molecule has 0 bridgehead atoms. The van der Waals surface area contributed by atoms with Crippen molar-refractivity contribution in [1.82, 2.24) is 4.90 Å². The molecule has 2 aliphatic rings. The van der Waals surface area contributed by atoms with Crippen LogP contribution in [0.3, 0.4) is 0 Å². The van der Waals surface area contributed by atoms with Crippen molar-refractivity contribution in [3.8, 4) is 6.07 Å². The lowest BCUT2D eigenvalue weighted by Gasteiger charge is -2.45. The Balaban J connectivity index is 2.36. The fourth-order valence-electron chi connectivity index (χ4n) is 1.78. The van der Waals surface area contributed by atoms with Gasteiger partial charge in [0.25, 0.3) is 5.91 Å². The Morgan fingerprint density at radius 1 is 1.57 bits per heavy atom. The summed E-state index contributed by atoms with van der Waals surface area (Å²) in [5.74, 6) is -0.0490. The van der Waals surface area contributed by atoms with E-state index in [1.807, 2.05) is 13.8 Å². The number of rotatable bonds is 0. The number of carbonyl (C=O) groups is 1. The molecule has 2 rings (SSSR count). The monoisotopic (exact) mass is 338 g/mol. The molecule has 2 fully saturated rings. The molecule has 0 N–H and O–H groups in total. The molecule has 2 heterocycles. The first-order valence-electron chi connectivity index (χ1n) is 4.10. The highest BCUT2D eigenvalue weighted by molar-refractivity contribution is 9.26. The molecular formula is C8H8Br2N2OS. The van der Waals surface area contributed by atoms with E-state index in [1.54, 1.807) is 16.7 Å². The van der Waals surface area contributed by atoms with Crippen LogP contribution in [0.25, 0.3) is 0 Å². The Kier molecular flexibility index (Phi) is 2.23. The average molecular weight is 340 g/mol. The largest absolute Gasteiger partial charge is 0.308 e. The summed E-state index contributed by atoms with van der Waals surface area (Å²) in [4.78, 5) is 13.3. The molecule has 0 radical (unpaired) electrons. The second-order valence-electron chi connectivity index (χ2n) is 3.94. The Morgan fingerprint density at radius 3 is 2.64 bits per heavy atom. The number of fused-ring (bicyclic) bond motifs is 1.